The summed E-state index contributed by atoms with van der Waals surface area (Å²) in [6.07, 6.45) is 3.58. The number of fused-ring (bicyclic) bond motifs is 2. The molecule has 0 aliphatic carbocycles. The number of hydrogen-bond acceptors (Lipinski definition) is 6. The maximum Gasteiger partial charge on any atom is 0.275 e. The van der Waals surface area contributed by atoms with Crippen molar-refractivity contribution in [3.63, 3.8) is 0 Å². The van der Waals surface area contributed by atoms with Gasteiger partial charge in [0.1, 0.15) is 22.5 Å². The highest BCUT2D eigenvalue weighted by Crippen LogP contribution is 2.51. The molecule has 6 nitrogen and oxygen atoms in total. The number of pyridine rings is 2. The number of rotatable bonds is 9. The van der Waals surface area contributed by atoms with Crippen molar-refractivity contribution >= 4 is 39.9 Å². The Labute approximate surface area is 325 Å². The van der Waals surface area contributed by atoms with Crippen molar-refractivity contribution in [3.05, 3.63) is 120 Å². The second kappa shape index (κ2) is 15.1. The molecule has 2 atom stereocenters. The zero-order valence-electron chi connectivity index (χ0n) is 33.8. The lowest BCUT2D eigenvalue weighted by Crippen LogP contribution is -2.19. The Morgan fingerprint density at radius 1 is 0.426 bits per heavy atom. The van der Waals surface area contributed by atoms with Crippen LogP contribution in [0.4, 0.5) is 0 Å². The minimum Gasteiger partial charge on any atom is -0.440 e. The second-order valence-electron chi connectivity index (χ2n) is 18.0. The molecule has 0 aliphatic heterocycles. The summed E-state index contributed by atoms with van der Waals surface area (Å²) in [5, 5.41) is 2.03. The average Bonchev–Trinajstić information content (AvgIpc) is 3.10. The largest absolute Gasteiger partial charge is 0.440 e. The van der Waals surface area contributed by atoms with Crippen LogP contribution in [0.25, 0.3) is 32.9 Å². The molecule has 0 N–H and O–H groups in total. The summed E-state index contributed by atoms with van der Waals surface area (Å²) in [5.74, 6) is 2.93. The van der Waals surface area contributed by atoms with Gasteiger partial charge in [0.15, 0.2) is 11.5 Å². The Kier molecular flexibility index (Phi) is 11.0. The Bertz CT molecular complexity index is 2120. The van der Waals surface area contributed by atoms with E-state index in [4.69, 9.17) is 18.1 Å². The topological polar surface area (TPSA) is 62.7 Å². The first-order valence-electron chi connectivity index (χ1n) is 18.6. The fourth-order valence-electron chi connectivity index (χ4n) is 6.39. The van der Waals surface area contributed by atoms with E-state index < -0.39 is 0 Å². The Morgan fingerprint density at radius 2 is 0.796 bits per heavy atom. The molecule has 54 heavy (non-hydrogen) atoms. The van der Waals surface area contributed by atoms with Gasteiger partial charge >= 0.3 is 0 Å². The van der Waals surface area contributed by atoms with Crippen LogP contribution in [0.2, 0.25) is 0 Å². The average molecular weight is 761 g/mol. The second-order valence-corrected chi connectivity index (χ2v) is 19.2. The van der Waals surface area contributed by atoms with Crippen LogP contribution in [-0.4, -0.2) is 9.97 Å². The van der Waals surface area contributed by atoms with Gasteiger partial charge < -0.3 is 18.1 Å². The van der Waals surface area contributed by atoms with E-state index in [0.29, 0.717) is 11.5 Å². The van der Waals surface area contributed by atoms with Gasteiger partial charge in [0.05, 0.1) is 0 Å². The smallest absolute Gasteiger partial charge is 0.275 e. The third kappa shape index (κ3) is 8.67. The third-order valence-electron chi connectivity index (χ3n) is 9.60. The van der Waals surface area contributed by atoms with Crippen molar-refractivity contribution in [3.8, 4) is 34.1 Å². The van der Waals surface area contributed by atoms with Crippen LogP contribution in [-0.2, 0) is 21.7 Å². The summed E-state index contributed by atoms with van der Waals surface area (Å²) < 4.78 is 26.6. The first-order valence-corrected chi connectivity index (χ1v) is 20.2. The molecule has 0 saturated carbocycles. The standard InChI is InChI=1S/C46H54N2O4P2/c1-43(2,3)31-25-33(41(35(27-31)45(7,8)9)51-53-49-37-21-13-17-29-19-15-23-47-39(29)37)34-26-32(44(4,5)6)28-36(46(10,11)12)42(34)52-54-50-38-22-14-18-30-20-16-24-48-40(30)38/h13-28,53-54H,1-12H3. The van der Waals surface area contributed by atoms with E-state index in [2.05, 4.69) is 117 Å². The third-order valence-corrected chi connectivity index (χ3v) is 10.8. The number of para-hydroxylation sites is 2. The summed E-state index contributed by atoms with van der Waals surface area (Å²) in [7, 11) is -0.636. The van der Waals surface area contributed by atoms with E-state index in [1.807, 2.05) is 60.7 Å². The predicted molar refractivity (Wildman–Crippen MR) is 229 cm³/mol. The molecule has 0 spiro atoms. The van der Waals surface area contributed by atoms with E-state index in [1.54, 1.807) is 12.4 Å². The van der Waals surface area contributed by atoms with Gasteiger partial charge in [0.2, 0.25) is 0 Å². The van der Waals surface area contributed by atoms with Crippen molar-refractivity contribution in [1.82, 2.24) is 9.97 Å². The van der Waals surface area contributed by atoms with E-state index in [9.17, 15) is 0 Å². The molecule has 6 rings (SSSR count). The molecule has 0 saturated heterocycles. The van der Waals surface area contributed by atoms with E-state index in [0.717, 1.165) is 55.6 Å². The van der Waals surface area contributed by atoms with Crippen molar-refractivity contribution in [2.45, 2.75) is 105 Å². The molecule has 282 valence electrons. The van der Waals surface area contributed by atoms with Gasteiger partial charge in [-0.05, 0) is 69.2 Å². The van der Waals surface area contributed by atoms with Crippen LogP contribution in [0.5, 0.6) is 23.0 Å². The van der Waals surface area contributed by atoms with Gasteiger partial charge in [-0.3, -0.25) is 9.97 Å². The van der Waals surface area contributed by atoms with Gasteiger partial charge in [-0.2, -0.15) is 0 Å². The monoisotopic (exact) mass is 760 g/mol. The number of aromatic nitrogens is 2. The minimum atomic E-state index is -0.318. The van der Waals surface area contributed by atoms with Gasteiger partial charge in [0.25, 0.3) is 18.1 Å². The molecule has 6 aromatic rings. The fourth-order valence-corrected chi connectivity index (χ4v) is 7.59. The van der Waals surface area contributed by atoms with E-state index in [-0.39, 0.29) is 39.7 Å². The Balaban J connectivity index is 1.53. The fraction of sp³-hybridized carbons (Fsp3) is 0.348. The molecule has 0 radical (unpaired) electrons. The van der Waals surface area contributed by atoms with Gasteiger partial charge in [0, 0.05) is 45.4 Å². The summed E-state index contributed by atoms with van der Waals surface area (Å²) in [5.41, 5.74) is 7.38. The first kappa shape index (κ1) is 39.5. The minimum absolute atomic E-state index is 0.136. The molecule has 8 heteroatoms. The van der Waals surface area contributed by atoms with Crippen LogP contribution in [0.1, 0.15) is 105 Å². The summed E-state index contributed by atoms with van der Waals surface area (Å²) in [4.78, 5) is 9.21. The van der Waals surface area contributed by atoms with E-state index in [1.165, 1.54) is 11.1 Å². The van der Waals surface area contributed by atoms with E-state index >= 15 is 0 Å². The molecule has 0 amide bonds. The van der Waals surface area contributed by atoms with Crippen LogP contribution in [0.15, 0.2) is 97.3 Å². The summed E-state index contributed by atoms with van der Waals surface area (Å²) in [6, 6.07) is 29.1. The maximum atomic E-state index is 6.88. The normalized spacial score (nSPS) is 13.0. The highest BCUT2D eigenvalue weighted by Gasteiger charge is 2.32. The molecule has 0 bridgehead atoms. The molecular weight excluding hydrogens is 706 g/mol. The molecule has 2 aromatic heterocycles. The predicted octanol–water partition coefficient (Wildman–Crippen LogP) is 13.6. The van der Waals surface area contributed by atoms with Crippen molar-refractivity contribution in [2.24, 2.45) is 0 Å². The highest BCUT2D eigenvalue weighted by molar-refractivity contribution is 7.27. The molecule has 2 heterocycles. The van der Waals surface area contributed by atoms with Crippen LogP contribution in [0, 0.1) is 0 Å². The molecule has 4 aromatic carbocycles. The van der Waals surface area contributed by atoms with Crippen LogP contribution < -0.4 is 18.1 Å². The summed E-state index contributed by atoms with van der Waals surface area (Å²) >= 11 is 0. The Morgan fingerprint density at radius 3 is 1.15 bits per heavy atom. The molecule has 2 unspecified atom stereocenters. The van der Waals surface area contributed by atoms with Crippen LogP contribution >= 0.6 is 18.1 Å². The van der Waals surface area contributed by atoms with Gasteiger partial charge in [-0.25, -0.2) is 0 Å². The highest BCUT2D eigenvalue weighted by atomic mass is 31.1. The van der Waals surface area contributed by atoms with Crippen LogP contribution in [0.3, 0.4) is 0 Å². The zero-order chi connectivity index (χ0) is 39.1. The number of nitrogens with zero attached hydrogens (tertiary/aromatic N) is 2. The Hall–Kier alpha value is -4.24. The number of benzene rings is 4. The lowest BCUT2D eigenvalue weighted by atomic mass is 9.75. The summed E-state index contributed by atoms with van der Waals surface area (Å²) in [6.45, 7) is 27.0. The lowest BCUT2D eigenvalue weighted by molar-refractivity contribution is 0.486. The van der Waals surface area contributed by atoms with Crippen molar-refractivity contribution in [2.75, 3.05) is 0 Å². The SMILES string of the molecule is CC(C)(C)c1cc(-c2cc(C(C)(C)C)cc(C(C)(C)C)c2OPOc2cccc3cccnc23)c(OPOc2cccc3cccnc23)c(C(C)(C)C)c1. The van der Waals surface area contributed by atoms with Gasteiger partial charge in [-0.15, -0.1) is 0 Å². The zero-order valence-corrected chi connectivity index (χ0v) is 35.8. The van der Waals surface area contributed by atoms with Crippen molar-refractivity contribution in [1.29, 1.82) is 0 Å². The quantitative estimate of drug-likeness (QED) is 0.137. The lowest BCUT2D eigenvalue weighted by Gasteiger charge is -2.32. The molecule has 0 aliphatic rings. The maximum absolute atomic E-state index is 6.88. The van der Waals surface area contributed by atoms with Crippen molar-refractivity contribution < 1.29 is 18.1 Å². The molecular formula is C46H54N2O4P2. The van der Waals surface area contributed by atoms with Gasteiger partial charge in [-0.1, -0.05) is 132 Å². The number of hydrogen-bond donors (Lipinski definition) is 0. The first-order chi connectivity index (χ1) is 25.3. The molecule has 0 fully saturated rings.